The predicted molar refractivity (Wildman–Crippen MR) is 132 cm³/mol. The maximum absolute atomic E-state index is 4.67. The minimum atomic E-state index is 0.870. The van der Waals surface area contributed by atoms with E-state index in [1.807, 2.05) is 42.9 Å². The van der Waals surface area contributed by atoms with Crippen LogP contribution in [0, 0.1) is 0 Å². The molecule has 3 aromatic heterocycles. The van der Waals surface area contributed by atoms with Crippen LogP contribution in [0.2, 0.25) is 0 Å². The van der Waals surface area contributed by atoms with Crippen LogP contribution in [0.25, 0.3) is 44.6 Å². The van der Waals surface area contributed by atoms with Crippen LogP contribution in [-0.4, -0.2) is 20.7 Å². The number of allylic oxidation sites excluding steroid dienone is 3. The van der Waals surface area contributed by atoms with Crippen LogP contribution in [0.3, 0.4) is 0 Å². The van der Waals surface area contributed by atoms with Crippen LogP contribution < -0.4 is 0 Å². The Morgan fingerprint density at radius 3 is 2.44 bits per heavy atom. The maximum atomic E-state index is 4.67. The van der Waals surface area contributed by atoms with Crippen molar-refractivity contribution in [1.82, 2.24) is 14.5 Å². The van der Waals surface area contributed by atoms with Crippen LogP contribution in [0.4, 0.5) is 0 Å². The van der Waals surface area contributed by atoms with Gasteiger partial charge in [0.1, 0.15) is 11.5 Å². The van der Waals surface area contributed by atoms with Crippen LogP contribution in [0.1, 0.15) is 12.0 Å². The first-order chi connectivity index (χ1) is 15.9. The Balaban J connectivity index is 1.47. The highest BCUT2D eigenvalue weighted by Gasteiger charge is 2.14. The van der Waals surface area contributed by atoms with Gasteiger partial charge in [0.05, 0.1) is 11.2 Å². The van der Waals surface area contributed by atoms with Crippen molar-refractivity contribution < 1.29 is 0 Å². The summed E-state index contributed by atoms with van der Waals surface area (Å²) in [6.45, 7) is 0. The predicted octanol–water partition coefficient (Wildman–Crippen LogP) is 6.61. The van der Waals surface area contributed by atoms with Gasteiger partial charge in [-0.15, -0.1) is 0 Å². The molecule has 0 bridgehead atoms. The molecule has 4 heteroatoms. The highest BCUT2D eigenvalue weighted by atomic mass is 15.1. The molecule has 4 heterocycles. The van der Waals surface area contributed by atoms with Gasteiger partial charge in [0.25, 0.3) is 0 Å². The molecule has 6 rings (SSSR count). The molecule has 2 aromatic carbocycles. The van der Waals surface area contributed by atoms with Crippen molar-refractivity contribution >= 4 is 33.8 Å². The number of pyridine rings is 2. The number of benzene rings is 2. The van der Waals surface area contributed by atoms with Crippen LogP contribution in [0.5, 0.6) is 0 Å². The summed E-state index contributed by atoms with van der Waals surface area (Å²) in [6.07, 6.45) is 12.7. The number of hydrogen-bond donors (Lipinski definition) is 0. The van der Waals surface area contributed by atoms with Crippen molar-refractivity contribution in [3.05, 3.63) is 109 Å². The lowest BCUT2D eigenvalue weighted by atomic mass is 10.0. The summed E-state index contributed by atoms with van der Waals surface area (Å²) in [5, 5.41) is 2.29. The van der Waals surface area contributed by atoms with Gasteiger partial charge in [0.15, 0.2) is 0 Å². The fraction of sp³-hybridized carbons (Fsp3) is 0.0357. The highest BCUT2D eigenvalue weighted by Crippen LogP contribution is 2.33. The van der Waals surface area contributed by atoms with E-state index in [-0.39, 0.29) is 0 Å². The summed E-state index contributed by atoms with van der Waals surface area (Å²) in [6, 6.07) is 25.2. The molecule has 0 atom stereocenters. The Bertz CT molecular complexity index is 1520. The first kappa shape index (κ1) is 18.5. The first-order valence-corrected chi connectivity index (χ1v) is 10.7. The van der Waals surface area contributed by atoms with Crippen LogP contribution in [-0.2, 0) is 0 Å². The van der Waals surface area contributed by atoms with Gasteiger partial charge in [0, 0.05) is 41.4 Å². The lowest BCUT2D eigenvalue weighted by molar-refractivity contribution is 1.06. The smallest absolute Gasteiger partial charge is 0.146 e. The number of nitrogens with zero attached hydrogens (tertiary/aromatic N) is 4. The summed E-state index contributed by atoms with van der Waals surface area (Å²) >= 11 is 0. The van der Waals surface area contributed by atoms with Crippen molar-refractivity contribution in [2.24, 2.45) is 4.99 Å². The number of aliphatic imine (C=N–C) groups is 1. The molecule has 0 saturated carbocycles. The lowest BCUT2D eigenvalue weighted by Gasteiger charge is -2.07. The Morgan fingerprint density at radius 2 is 1.56 bits per heavy atom. The van der Waals surface area contributed by atoms with Crippen LogP contribution >= 0.6 is 0 Å². The van der Waals surface area contributed by atoms with E-state index in [4.69, 9.17) is 0 Å². The zero-order valence-electron chi connectivity index (χ0n) is 17.4. The van der Waals surface area contributed by atoms with Crippen molar-refractivity contribution in [2.75, 3.05) is 0 Å². The Morgan fingerprint density at radius 1 is 0.719 bits per heavy atom. The van der Waals surface area contributed by atoms with Gasteiger partial charge in [-0.3, -0.25) is 9.56 Å². The summed E-state index contributed by atoms with van der Waals surface area (Å²) in [5.41, 5.74) is 6.47. The second-order valence-corrected chi connectivity index (χ2v) is 7.73. The topological polar surface area (TPSA) is 43.1 Å². The number of hydrogen-bond acceptors (Lipinski definition) is 3. The third kappa shape index (κ3) is 3.13. The zero-order chi connectivity index (χ0) is 21.3. The summed E-state index contributed by atoms with van der Waals surface area (Å²) in [7, 11) is 0. The van der Waals surface area contributed by atoms with Gasteiger partial charge >= 0.3 is 0 Å². The number of fused-ring (bicyclic) bond motifs is 3. The number of aromatic nitrogens is 3. The number of rotatable bonds is 3. The molecule has 0 fully saturated rings. The van der Waals surface area contributed by atoms with E-state index in [0.29, 0.717) is 0 Å². The Labute approximate surface area is 185 Å². The second kappa shape index (κ2) is 7.75. The van der Waals surface area contributed by atoms with Crippen molar-refractivity contribution in [3.63, 3.8) is 0 Å². The Hall–Kier alpha value is -4.31. The largest absolute Gasteiger partial charge is 0.278 e. The molecule has 5 aromatic rings. The van der Waals surface area contributed by atoms with E-state index in [0.717, 1.165) is 40.0 Å². The summed E-state index contributed by atoms with van der Waals surface area (Å²) in [5.74, 6) is 0.870. The standard InChI is InChI=1S/C28H20N4/c1-2-8-25(29-16-4-1)21-12-10-20(11-13-21)22-14-15-26-24(19-22)23-7-6-18-31-28(23)32(26)27-9-3-5-17-30-27/h1-3,5-19H,4H2. The van der Waals surface area contributed by atoms with Gasteiger partial charge in [-0.2, -0.15) is 0 Å². The molecule has 0 radical (unpaired) electrons. The molecule has 0 unspecified atom stereocenters. The summed E-state index contributed by atoms with van der Waals surface area (Å²) < 4.78 is 2.13. The fourth-order valence-electron chi connectivity index (χ4n) is 4.24. The van der Waals surface area contributed by atoms with E-state index >= 15 is 0 Å². The first-order valence-electron chi connectivity index (χ1n) is 10.7. The monoisotopic (exact) mass is 412 g/mol. The lowest BCUT2D eigenvalue weighted by Crippen LogP contribution is -1.97. The van der Waals surface area contributed by atoms with Crippen LogP contribution in [0.15, 0.2) is 108 Å². The van der Waals surface area contributed by atoms with E-state index in [2.05, 4.69) is 86.3 Å². The van der Waals surface area contributed by atoms with Gasteiger partial charge in [-0.1, -0.05) is 48.6 Å². The van der Waals surface area contributed by atoms with Crippen molar-refractivity contribution in [3.8, 4) is 16.9 Å². The third-order valence-electron chi connectivity index (χ3n) is 5.78. The van der Waals surface area contributed by atoms with E-state index in [1.54, 1.807) is 0 Å². The van der Waals surface area contributed by atoms with Crippen molar-refractivity contribution in [2.45, 2.75) is 6.42 Å². The van der Waals surface area contributed by atoms with E-state index < -0.39 is 0 Å². The quantitative estimate of drug-likeness (QED) is 0.334. The normalized spacial score (nSPS) is 13.4. The minimum absolute atomic E-state index is 0.870. The third-order valence-corrected chi connectivity index (χ3v) is 5.78. The second-order valence-electron chi connectivity index (χ2n) is 7.73. The molecule has 1 aliphatic heterocycles. The average molecular weight is 412 g/mol. The average Bonchev–Trinajstić information content (AvgIpc) is 2.99. The SMILES string of the molecule is C1=CCC=NC(c2ccc(-c3ccc4c(c3)c3cccnc3n4-c3ccccn3)cc2)=C1. The van der Waals surface area contributed by atoms with Gasteiger partial charge in [-0.25, -0.2) is 9.97 Å². The molecule has 0 aliphatic carbocycles. The highest BCUT2D eigenvalue weighted by molar-refractivity contribution is 6.09. The van der Waals surface area contributed by atoms with E-state index in [9.17, 15) is 0 Å². The minimum Gasteiger partial charge on any atom is -0.278 e. The van der Waals surface area contributed by atoms with Gasteiger partial charge < -0.3 is 0 Å². The van der Waals surface area contributed by atoms with Gasteiger partial charge in [0.2, 0.25) is 0 Å². The molecule has 0 N–H and O–H groups in total. The fourth-order valence-corrected chi connectivity index (χ4v) is 4.24. The molecule has 32 heavy (non-hydrogen) atoms. The molecule has 1 aliphatic rings. The van der Waals surface area contributed by atoms with E-state index in [1.165, 1.54) is 16.5 Å². The zero-order valence-corrected chi connectivity index (χ0v) is 17.4. The molecule has 0 spiro atoms. The molecule has 4 nitrogen and oxygen atoms in total. The maximum Gasteiger partial charge on any atom is 0.146 e. The molecular formula is C28H20N4. The van der Waals surface area contributed by atoms with Gasteiger partial charge in [-0.05, 0) is 53.6 Å². The molecule has 0 amide bonds. The molecule has 152 valence electrons. The molecule has 0 saturated heterocycles. The Kier molecular flexibility index (Phi) is 4.47. The molecular weight excluding hydrogens is 392 g/mol. The summed E-state index contributed by atoms with van der Waals surface area (Å²) in [4.78, 5) is 13.8. The van der Waals surface area contributed by atoms with Crippen molar-refractivity contribution in [1.29, 1.82) is 0 Å².